The highest BCUT2D eigenvalue weighted by molar-refractivity contribution is 5.26. The normalized spacial score (nSPS) is 37.4. The number of hydrogen-bond acceptors (Lipinski definition) is 4. The number of methoxy groups -OCH3 is 1. The summed E-state index contributed by atoms with van der Waals surface area (Å²) in [5, 5.41) is 20.4. The molecular weight excluding hydrogens is 316 g/mol. The van der Waals surface area contributed by atoms with Crippen molar-refractivity contribution in [3.05, 3.63) is 48.1 Å². The Labute approximate surface area is 151 Å². The van der Waals surface area contributed by atoms with Crippen LogP contribution in [-0.4, -0.2) is 41.4 Å². The molecule has 0 amide bonds. The van der Waals surface area contributed by atoms with Gasteiger partial charge in [0.1, 0.15) is 0 Å². The number of allylic oxidation sites excluding steroid dienone is 3. The maximum Gasteiger partial charge on any atom is 0.180 e. The van der Waals surface area contributed by atoms with Crippen molar-refractivity contribution in [3.63, 3.8) is 0 Å². The first kappa shape index (κ1) is 20.1. The van der Waals surface area contributed by atoms with Crippen molar-refractivity contribution in [2.24, 2.45) is 11.8 Å². The predicted octanol–water partition coefficient (Wildman–Crippen LogP) is 3.52. The minimum atomic E-state index is -0.871. The Morgan fingerprint density at radius 1 is 1.40 bits per heavy atom. The molecule has 0 saturated carbocycles. The Morgan fingerprint density at radius 2 is 2.12 bits per heavy atom. The van der Waals surface area contributed by atoms with E-state index in [2.05, 4.69) is 6.58 Å². The van der Waals surface area contributed by atoms with E-state index in [-0.39, 0.29) is 11.8 Å². The summed E-state index contributed by atoms with van der Waals surface area (Å²) in [5.74, 6) is 0.399. The van der Waals surface area contributed by atoms with Crippen LogP contribution in [0.25, 0.3) is 0 Å². The molecule has 1 heterocycles. The molecule has 1 aliphatic heterocycles. The van der Waals surface area contributed by atoms with Crippen molar-refractivity contribution in [1.82, 2.24) is 0 Å². The van der Waals surface area contributed by atoms with E-state index in [4.69, 9.17) is 9.47 Å². The largest absolute Gasteiger partial charge is 0.386 e. The lowest BCUT2D eigenvalue weighted by Crippen LogP contribution is -2.38. The quantitative estimate of drug-likeness (QED) is 0.766. The summed E-state index contributed by atoms with van der Waals surface area (Å²) in [6.45, 7) is 10.1. The lowest BCUT2D eigenvalue weighted by atomic mass is 9.75. The molecule has 1 aliphatic carbocycles. The zero-order chi connectivity index (χ0) is 18.7. The molecule has 4 heteroatoms. The summed E-state index contributed by atoms with van der Waals surface area (Å²) < 4.78 is 11.4. The molecule has 140 valence electrons. The van der Waals surface area contributed by atoms with Crippen LogP contribution in [0.15, 0.2) is 48.1 Å². The van der Waals surface area contributed by atoms with Gasteiger partial charge in [-0.25, -0.2) is 0 Å². The molecular formula is C21H32O4. The molecule has 1 fully saturated rings. The van der Waals surface area contributed by atoms with Gasteiger partial charge in [-0.2, -0.15) is 0 Å². The van der Waals surface area contributed by atoms with Crippen LogP contribution in [0.5, 0.6) is 0 Å². The summed E-state index contributed by atoms with van der Waals surface area (Å²) in [5.41, 5.74) is 0.470. The van der Waals surface area contributed by atoms with Gasteiger partial charge in [0.15, 0.2) is 6.29 Å². The van der Waals surface area contributed by atoms with E-state index >= 15 is 0 Å². The molecule has 25 heavy (non-hydrogen) atoms. The van der Waals surface area contributed by atoms with Gasteiger partial charge in [0.25, 0.3) is 0 Å². The Morgan fingerprint density at radius 3 is 2.76 bits per heavy atom. The van der Waals surface area contributed by atoms with Crippen LogP contribution in [0, 0.1) is 11.8 Å². The number of ether oxygens (including phenoxy) is 2. The van der Waals surface area contributed by atoms with Crippen LogP contribution in [-0.2, 0) is 9.47 Å². The van der Waals surface area contributed by atoms with Crippen LogP contribution in [0.3, 0.4) is 0 Å². The Hall–Kier alpha value is -1.20. The maximum atomic E-state index is 10.5. The zero-order valence-electron chi connectivity index (χ0n) is 15.9. The van der Waals surface area contributed by atoms with E-state index in [1.165, 1.54) is 0 Å². The predicted molar refractivity (Wildman–Crippen MR) is 100 cm³/mol. The van der Waals surface area contributed by atoms with Crippen molar-refractivity contribution in [1.29, 1.82) is 0 Å². The summed E-state index contributed by atoms with van der Waals surface area (Å²) >= 11 is 0. The average Bonchev–Trinajstić information content (AvgIpc) is 2.56. The second kappa shape index (κ2) is 8.00. The van der Waals surface area contributed by atoms with Gasteiger partial charge >= 0.3 is 0 Å². The molecule has 0 spiro atoms. The Kier molecular flexibility index (Phi) is 6.44. The van der Waals surface area contributed by atoms with E-state index in [9.17, 15) is 10.2 Å². The van der Waals surface area contributed by atoms with Crippen LogP contribution in [0.2, 0.25) is 0 Å². The zero-order valence-corrected chi connectivity index (χ0v) is 15.9. The van der Waals surface area contributed by atoms with E-state index in [0.29, 0.717) is 13.0 Å². The van der Waals surface area contributed by atoms with Gasteiger partial charge in [0.05, 0.1) is 17.8 Å². The van der Waals surface area contributed by atoms with Gasteiger partial charge in [-0.3, -0.25) is 0 Å². The summed E-state index contributed by atoms with van der Waals surface area (Å²) in [6.07, 6.45) is 11.3. The van der Waals surface area contributed by atoms with Gasteiger partial charge in [-0.1, -0.05) is 42.5 Å². The molecule has 2 aliphatic rings. The Bertz CT molecular complexity index is 563. The third kappa shape index (κ3) is 5.65. The van der Waals surface area contributed by atoms with E-state index in [1.807, 2.05) is 31.2 Å². The molecule has 2 N–H and O–H groups in total. The highest BCUT2D eigenvalue weighted by Gasteiger charge is 2.38. The summed E-state index contributed by atoms with van der Waals surface area (Å²) in [6, 6.07) is 0. The smallest absolute Gasteiger partial charge is 0.180 e. The fraction of sp³-hybridized carbons (Fsp3) is 0.619. The van der Waals surface area contributed by atoms with Gasteiger partial charge < -0.3 is 19.7 Å². The van der Waals surface area contributed by atoms with Crippen LogP contribution in [0.1, 0.15) is 40.0 Å². The minimum absolute atomic E-state index is 0.198. The number of fused-ring (bicyclic) bond motifs is 1. The number of hydrogen-bond donors (Lipinski definition) is 2. The van der Waals surface area contributed by atoms with Crippen molar-refractivity contribution in [2.75, 3.05) is 13.7 Å². The van der Waals surface area contributed by atoms with Gasteiger partial charge in [-0.15, -0.1) is 0 Å². The van der Waals surface area contributed by atoms with Gasteiger partial charge in [-0.05, 0) is 51.5 Å². The molecule has 0 radical (unpaired) electrons. The number of rotatable bonds is 3. The van der Waals surface area contributed by atoms with Crippen molar-refractivity contribution in [3.8, 4) is 0 Å². The molecule has 4 nitrogen and oxygen atoms in total. The molecule has 2 rings (SSSR count). The first-order valence-electron chi connectivity index (χ1n) is 8.97. The SMILES string of the molecule is C=C1C/C=C\[C@@](C)(O)CC[C@@H]2/C(=C/C=C/C(C)(C)O)[C@@H](OC)OC[C@@H]12. The van der Waals surface area contributed by atoms with Crippen molar-refractivity contribution >= 4 is 0 Å². The fourth-order valence-corrected chi connectivity index (χ4v) is 3.53. The highest BCUT2D eigenvalue weighted by Crippen LogP contribution is 2.41. The van der Waals surface area contributed by atoms with E-state index < -0.39 is 17.5 Å². The minimum Gasteiger partial charge on any atom is -0.386 e. The van der Waals surface area contributed by atoms with E-state index in [1.54, 1.807) is 27.0 Å². The van der Waals surface area contributed by atoms with Crippen molar-refractivity contribution in [2.45, 2.75) is 57.5 Å². The third-order valence-electron chi connectivity index (χ3n) is 4.96. The van der Waals surface area contributed by atoms with Gasteiger partial charge in [0, 0.05) is 13.0 Å². The number of aliphatic hydroxyl groups is 2. The highest BCUT2D eigenvalue weighted by atomic mass is 16.7. The monoisotopic (exact) mass is 348 g/mol. The van der Waals surface area contributed by atoms with Crippen molar-refractivity contribution < 1.29 is 19.7 Å². The van der Waals surface area contributed by atoms with Gasteiger partial charge in [0.2, 0.25) is 0 Å². The molecule has 0 aromatic rings. The third-order valence-corrected chi connectivity index (χ3v) is 4.96. The summed E-state index contributed by atoms with van der Waals surface area (Å²) in [7, 11) is 1.64. The molecule has 0 aromatic carbocycles. The molecule has 0 aromatic heterocycles. The summed E-state index contributed by atoms with van der Waals surface area (Å²) in [4.78, 5) is 0. The fourth-order valence-electron chi connectivity index (χ4n) is 3.53. The first-order valence-corrected chi connectivity index (χ1v) is 8.97. The second-order valence-corrected chi connectivity index (χ2v) is 7.95. The molecule has 0 bridgehead atoms. The standard InChI is InChI=1S/C21H32O4/c1-15-8-6-12-21(4,23)13-10-16-17(9-7-11-20(2,3)22)19(24-5)25-14-18(15)16/h6-7,9,11-12,16,18-19,22-23H,1,8,10,13-14H2,2-5H3/b11-7+,12-6-,17-9-/t16-,18+,19+,21-/m1/s1. The van der Waals surface area contributed by atoms with Crippen LogP contribution >= 0.6 is 0 Å². The topological polar surface area (TPSA) is 58.9 Å². The molecule has 4 atom stereocenters. The van der Waals surface area contributed by atoms with Crippen LogP contribution < -0.4 is 0 Å². The average molecular weight is 348 g/mol. The first-order chi connectivity index (χ1) is 11.6. The van der Waals surface area contributed by atoms with Crippen LogP contribution in [0.4, 0.5) is 0 Å². The van der Waals surface area contributed by atoms with E-state index in [0.717, 1.165) is 24.0 Å². The Balaban J connectivity index is 2.34. The molecule has 0 unspecified atom stereocenters. The second-order valence-electron chi connectivity index (χ2n) is 7.95. The lowest BCUT2D eigenvalue weighted by Gasteiger charge is -2.39. The molecule has 1 saturated heterocycles. The maximum absolute atomic E-state index is 10.5. The lowest BCUT2D eigenvalue weighted by molar-refractivity contribution is -0.136.